The summed E-state index contributed by atoms with van der Waals surface area (Å²) in [5, 5.41) is 13.7. The van der Waals surface area contributed by atoms with E-state index >= 15 is 0 Å². The number of likely N-dealkylation sites (N-methyl/N-ethyl adjacent to an activating group) is 1. The van der Waals surface area contributed by atoms with Gasteiger partial charge in [0.05, 0.1) is 11.1 Å². The van der Waals surface area contributed by atoms with Crippen LogP contribution in [0.15, 0.2) is 23.0 Å². The molecule has 1 fully saturated rings. The van der Waals surface area contributed by atoms with Crippen molar-refractivity contribution in [2.45, 2.75) is 46.2 Å². The van der Waals surface area contributed by atoms with Crippen LogP contribution in [0.1, 0.15) is 49.3 Å². The molecule has 0 saturated carbocycles. The van der Waals surface area contributed by atoms with Gasteiger partial charge in [0.25, 0.3) is 5.56 Å². The minimum absolute atomic E-state index is 0.0800. The SMILES string of the molecule is Cc1ccc2cc([C@H](c3nnnn3C(C)(C)C)N3CCN(C)CC3)c(=O)[nH]c2c1C. The number of piperazine rings is 1. The van der Waals surface area contributed by atoms with Crippen LogP contribution in [-0.2, 0) is 5.54 Å². The summed E-state index contributed by atoms with van der Waals surface area (Å²) in [7, 11) is 2.12. The Balaban J connectivity index is 1.91. The van der Waals surface area contributed by atoms with E-state index in [9.17, 15) is 4.79 Å². The Bertz CT molecular complexity index is 1120. The zero-order valence-electron chi connectivity index (χ0n) is 18.7. The Morgan fingerprint density at radius 1 is 1.10 bits per heavy atom. The highest BCUT2D eigenvalue weighted by molar-refractivity contribution is 5.83. The molecule has 8 nitrogen and oxygen atoms in total. The van der Waals surface area contributed by atoms with Crippen LogP contribution in [0.25, 0.3) is 10.9 Å². The first-order valence-corrected chi connectivity index (χ1v) is 10.5. The number of tetrazole rings is 1. The third-order valence-corrected chi connectivity index (χ3v) is 6.15. The lowest BCUT2D eigenvalue weighted by molar-refractivity contribution is 0.118. The molecule has 8 heteroatoms. The van der Waals surface area contributed by atoms with Gasteiger partial charge in [-0.1, -0.05) is 12.1 Å². The van der Waals surface area contributed by atoms with Crippen LogP contribution in [0.4, 0.5) is 0 Å². The maximum atomic E-state index is 13.3. The zero-order valence-corrected chi connectivity index (χ0v) is 18.7. The van der Waals surface area contributed by atoms with Crippen LogP contribution in [0.3, 0.4) is 0 Å². The van der Waals surface area contributed by atoms with E-state index in [-0.39, 0.29) is 17.1 Å². The molecule has 0 amide bonds. The van der Waals surface area contributed by atoms with Crippen molar-refractivity contribution in [3.05, 3.63) is 51.1 Å². The van der Waals surface area contributed by atoms with Gasteiger partial charge in [0.2, 0.25) is 0 Å². The van der Waals surface area contributed by atoms with Crippen molar-refractivity contribution < 1.29 is 0 Å². The minimum atomic E-state index is -0.303. The summed E-state index contributed by atoms with van der Waals surface area (Å²) in [5.41, 5.74) is 3.49. The van der Waals surface area contributed by atoms with Crippen LogP contribution in [-0.4, -0.2) is 68.2 Å². The zero-order chi connectivity index (χ0) is 21.6. The van der Waals surface area contributed by atoms with Crippen LogP contribution < -0.4 is 5.56 Å². The fraction of sp³-hybridized carbons (Fsp3) is 0.545. The predicted molar refractivity (Wildman–Crippen MR) is 118 cm³/mol. The first-order chi connectivity index (χ1) is 14.2. The summed E-state index contributed by atoms with van der Waals surface area (Å²) in [5.74, 6) is 0.709. The number of hydrogen-bond acceptors (Lipinski definition) is 6. The number of hydrogen-bond donors (Lipinski definition) is 1. The van der Waals surface area contributed by atoms with E-state index < -0.39 is 0 Å². The molecule has 0 bridgehead atoms. The standard InChI is InChI=1S/C22H31N7O/c1-14-7-8-16-13-17(21(30)23-18(16)15(14)2)19(28-11-9-27(6)10-12-28)20-24-25-26-29(20)22(3,4)5/h7-8,13,19H,9-12H2,1-6H3,(H,23,30)/t19-/m1/s1. The monoisotopic (exact) mass is 409 g/mol. The van der Waals surface area contributed by atoms with Gasteiger partial charge in [0.1, 0.15) is 6.04 Å². The summed E-state index contributed by atoms with van der Waals surface area (Å²) in [6.45, 7) is 13.9. The Morgan fingerprint density at radius 3 is 2.47 bits per heavy atom. The maximum absolute atomic E-state index is 13.3. The molecule has 1 saturated heterocycles. The quantitative estimate of drug-likeness (QED) is 0.714. The number of pyridine rings is 1. The van der Waals surface area contributed by atoms with E-state index in [2.05, 4.69) is 77.2 Å². The number of aromatic amines is 1. The molecule has 0 spiro atoms. The lowest BCUT2D eigenvalue weighted by atomic mass is 9.99. The normalized spacial score (nSPS) is 17.5. The maximum Gasteiger partial charge on any atom is 0.253 e. The first kappa shape index (κ1) is 20.7. The lowest BCUT2D eigenvalue weighted by Crippen LogP contribution is -2.48. The summed E-state index contributed by atoms with van der Waals surface area (Å²) in [6, 6.07) is 5.89. The van der Waals surface area contributed by atoms with Crippen molar-refractivity contribution in [1.82, 2.24) is 35.0 Å². The Labute approximate surface area is 176 Å². The van der Waals surface area contributed by atoms with Gasteiger partial charge in [-0.2, -0.15) is 0 Å². The van der Waals surface area contributed by atoms with Gasteiger partial charge in [-0.05, 0) is 74.7 Å². The second-order valence-corrected chi connectivity index (χ2v) is 9.39. The molecular weight excluding hydrogens is 378 g/mol. The molecule has 0 unspecified atom stereocenters. The number of aromatic nitrogens is 5. The average molecular weight is 410 g/mol. The number of rotatable bonds is 3. The molecule has 3 aromatic rings. The molecule has 1 atom stereocenters. The molecule has 30 heavy (non-hydrogen) atoms. The highest BCUT2D eigenvalue weighted by atomic mass is 16.1. The number of nitrogens with zero attached hydrogens (tertiary/aromatic N) is 6. The van der Waals surface area contributed by atoms with Crippen molar-refractivity contribution in [3.8, 4) is 0 Å². The molecule has 3 heterocycles. The van der Waals surface area contributed by atoms with Crippen LogP contribution in [0, 0.1) is 13.8 Å². The molecule has 1 aromatic carbocycles. The Kier molecular flexibility index (Phi) is 5.23. The van der Waals surface area contributed by atoms with Crippen molar-refractivity contribution in [2.75, 3.05) is 33.2 Å². The number of H-pyrrole nitrogens is 1. The molecule has 1 aliphatic rings. The molecule has 4 rings (SSSR count). The van der Waals surface area contributed by atoms with Gasteiger partial charge < -0.3 is 9.88 Å². The Morgan fingerprint density at radius 2 is 1.80 bits per heavy atom. The van der Waals surface area contributed by atoms with Gasteiger partial charge >= 0.3 is 0 Å². The van der Waals surface area contributed by atoms with E-state index in [1.165, 1.54) is 0 Å². The van der Waals surface area contributed by atoms with Crippen molar-refractivity contribution in [3.63, 3.8) is 0 Å². The summed E-state index contributed by atoms with van der Waals surface area (Å²) < 4.78 is 1.85. The smallest absolute Gasteiger partial charge is 0.253 e. The van der Waals surface area contributed by atoms with Gasteiger partial charge in [-0.25, -0.2) is 4.68 Å². The minimum Gasteiger partial charge on any atom is -0.321 e. The van der Waals surface area contributed by atoms with Crippen LogP contribution >= 0.6 is 0 Å². The number of fused-ring (bicyclic) bond motifs is 1. The number of benzene rings is 1. The number of aryl methyl sites for hydroxylation is 2. The highest BCUT2D eigenvalue weighted by Gasteiger charge is 2.34. The fourth-order valence-electron chi connectivity index (χ4n) is 4.17. The van der Waals surface area contributed by atoms with Crippen LogP contribution in [0.2, 0.25) is 0 Å². The van der Waals surface area contributed by atoms with Crippen molar-refractivity contribution >= 4 is 10.9 Å². The summed E-state index contributed by atoms with van der Waals surface area (Å²) >= 11 is 0. The van der Waals surface area contributed by atoms with E-state index in [0.29, 0.717) is 11.4 Å². The summed E-state index contributed by atoms with van der Waals surface area (Å²) in [6.07, 6.45) is 0. The highest BCUT2D eigenvalue weighted by Crippen LogP contribution is 2.30. The third-order valence-electron chi connectivity index (χ3n) is 6.15. The van der Waals surface area contributed by atoms with Crippen LogP contribution in [0.5, 0.6) is 0 Å². The molecule has 2 aromatic heterocycles. The average Bonchev–Trinajstić information content (AvgIpc) is 3.17. The largest absolute Gasteiger partial charge is 0.321 e. The van der Waals surface area contributed by atoms with Gasteiger partial charge in [0, 0.05) is 31.7 Å². The third kappa shape index (κ3) is 3.65. The second-order valence-electron chi connectivity index (χ2n) is 9.39. The molecule has 1 aliphatic heterocycles. The van der Waals surface area contributed by atoms with Crippen molar-refractivity contribution in [1.29, 1.82) is 0 Å². The van der Waals surface area contributed by atoms with Crippen molar-refractivity contribution in [2.24, 2.45) is 0 Å². The summed E-state index contributed by atoms with van der Waals surface area (Å²) in [4.78, 5) is 21.1. The molecule has 0 aliphatic carbocycles. The fourth-order valence-corrected chi connectivity index (χ4v) is 4.17. The molecule has 1 N–H and O–H groups in total. The van der Waals surface area contributed by atoms with Gasteiger partial charge in [-0.3, -0.25) is 9.69 Å². The first-order valence-electron chi connectivity index (χ1n) is 10.5. The lowest BCUT2D eigenvalue weighted by Gasteiger charge is -2.38. The topological polar surface area (TPSA) is 82.9 Å². The predicted octanol–water partition coefficient (Wildman–Crippen LogP) is 2.22. The van der Waals surface area contributed by atoms with E-state index in [1.54, 1.807) is 0 Å². The second kappa shape index (κ2) is 7.59. The van der Waals surface area contributed by atoms with E-state index in [1.807, 2.05) is 17.7 Å². The molecule has 160 valence electrons. The number of nitrogens with one attached hydrogen (secondary N) is 1. The van der Waals surface area contributed by atoms with Gasteiger partial charge in [-0.15, -0.1) is 5.10 Å². The molecule has 0 radical (unpaired) electrons. The van der Waals surface area contributed by atoms with E-state index in [4.69, 9.17) is 0 Å². The van der Waals surface area contributed by atoms with E-state index in [0.717, 1.165) is 48.2 Å². The molecular formula is C22H31N7O. The Hall–Kier alpha value is -2.58. The van der Waals surface area contributed by atoms with Gasteiger partial charge in [0.15, 0.2) is 5.82 Å².